The Morgan fingerprint density at radius 2 is 1.42 bits per heavy atom. The van der Waals surface area contributed by atoms with Crippen molar-refractivity contribution in [2.45, 2.75) is 77.4 Å². The van der Waals surface area contributed by atoms with Crippen LogP contribution in [0.15, 0.2) is 36.4 Å². The normalized spacial score (nSPS) is 24.9. The number of benzene rings is 2. The smallest absolute Gasteiger partial charge is 0.167 e. The van der Waals surface area contributed by atoms with E-state index < -0.39 is 29.2 Å². The van der Waals surface area contributed by atoms with Crippen LogP contribution in [0, 0.1) is 35.1 Å². The highest BCUT2D eigenvalue weighted by Gasteiger charge is 2.34. The van der Waals surface area contributed by atoms with E-state index in [1.165, 1.54) is 24.3 Å². The van der Waals surface area contributed by atoms with E-state index in [-0.39, 0.29) is 41.8 Å². The molecule has 1 saturated heterocycles. The first-order valence-corrected chi connectivity index (χ1v) is 13.3. The standard InChI is InChI=1S/C30H36F4O2/c1-3-5-6-8-19-9-11-21(12-10-19)30-35-17-22(18-36-30)23-15-16-25(29(34)27(23)32)24-14-13-20(7-4-2)26(31)28(24)33/h6,8,13-16,19,21-22,30H,3-5,7,9-12,17-18H2,1-2H3/b8-6+. The fourth-order valence-electron chi connectivity index (χ4n) is 5.38. The SMILES string of the molecule is CCC/C=C/C1CCC(C2OCC(c3ccc(-c4ccc(CCC)c(F)c4F)c(F)c3F)CO2)CC1. The largest absolute Gasteiger partial charge is 0.352 e. The number of aryl methyl sites for hydroxylation is 1. The summed E-state index contributed by atoms with van der Waals surface area (Å²) >= 11 is 0. The zero-order chi connectivity index (χ0) is 25.7. The van der Waals surface area contributed by atoms with E-state index in [1.54, 1.807) is 0 Å². The summed E-state index contributed by atoms with van der Waals surface area (Å²) < 4.78 is 71.1. The Kier molecular flexibility index (Phi) is 9.24. The molecule has 0 atom stereocenters. The Morgan fingerprint density at radius 3 is 2.06 bits per heavy atom. The molecule has 2 aliphatic rings. The second-order valence-electron chi connectivity index (χ2n) is 10.1. The van der Waals surface area contributed by atoms with Gasteiger partial charge in [0.25, 0.3) is 0 Å². The second-order valence-corrected chi connectivity index (χ2v) is 10.1. The molecule has 0 radical (unpaired) electrons. The van der Waals surface area contributed by atoms with Crippen molar-refractivity contribution in [2.75, 3.05) is 13.2 Å². The van der Waals surface area contributed by atoms with E-state index in [2.05, 4.69) is 19.1 Å². The summed E-state index contributed by atoms with van der Waals surface area (Å²) in [5, 5.41) is 0. The van der Waals surface area contributed by atoms with Crippen LogP contribution in [0.4, 0.5) is 17.6 Å². The van der Waals surface area contributed by atoms with Gasteiger partial charge in [-0.05, 0) is 55.6 Å². The lowest BCUT2D eigenvalue weighted by molar-refractivity contribution is -0.217. The van der Waals surface area contributed by atoms with Gasteiger partial charge in [0.05, 0.1) is 13.2 Å². The number of halogens is 4. The van der Waals surface area contributed by atoms with Gasteiger partial charge >= 0.3 is 0 Å². The number of unbranched alkanes of at least 4 members (excludes halogenated alkanes) is 1. The Balaban J connectivity index is 1.39. The molecule has 2 aromatic carbocycles. The zero-order valence-corrected chi connectivity index (χ0v) is 21.2. The van der Waals surface area contributed by atoms with E-state index in [0.29, 0.717) is 24.7 Å². The van der Waals surface area contributed by atoms with Crippen molar-refractivity contribution >= 4 is 0 Å². The minimum Gasteiger partial charge on any atom is -0.352 e. The lowest BCUT2D eigenvalue weighted by atomic mass is 9.81. The van der Waals surface area contributed by atoms with Crippen LogP contribution in [-0.2, 0) is 15.9 Å². The maximum absolute atomic E-state index is 15.1. The van der Waals surface area contributed by atoms with Crippen molar-refractivity contribution in [3.8, 4) is 11.1 Å². The van der Waals surface area contributed by atoms with Crippen molar-refractivity contribution in [3.63, 3.8) is 0 Å². The molecule has 4 rings (SSSR count). The molecule has 196 valence electrons. The molecule has 2 aromatic rings. The van der Waals surface area contributed by atoms with Crippen LogP contribution in [-0.4, -0.2) is 19.5 Å². The van der Waals surface area contributed by atoms with Crippen LogP contribution >= 0.6 is 0 Å². The van der Waals surface area contributed by atoms with Gasteiger partial charge in [0, 0.05) is 23.0 Å². The summed E-state index contributed by atoms with van der Waals surface area (Å²) in [4.78, 5) is 0. The van der Waals surface area contributed by atoms with Crippen LogP contribution in [0.2, 0.25) is 0 Å². The number of allylic oxidation sites excluding steroid dienone is 2. The molecular weight excluding hydrogens is 468 g/mol. The fourth-order valence-corrected chi connectivity index (χ4v) is 5.38. The minimum atomic E-state index is -1.19. The summed E-state index contributed by atoms with van der Waals surface area (Å²) in [7, 11) is 0. The van der Waals surface area contributed by atoms with Gasteiger partial charge in [-0.2, -0.15) is 0 Å². The Morgan fingerprint density at radius 1 is 0.778 bits per heavy atom. The maximum Gasteiger partial charge on any atom is 0.167 e. The molecule has 0 N–H and O–H groups in total. The molecule has 1 heterocycles. The van der Waals surface area contributed by atoms with Crippen molar-refractivity contribution in [1.29, 1.82) is 0 Å². The maximum atomic E-state index is 15.1. The first kappa shape index (κ1) is 26.9. The molecule has 1 aliphatic heterocycles. The van der Waals surface area contributed by atoms with Gasteiger partial charge in [-0.3, -0.25) is 0 Å². The molecule has 2 fully saturated rings. The topological polar surface area (TPSA) is 18.5 Å². The predicted octanol–water partition coefficient (Wildman–Crippen LogP) is 8.48. The summed E-state index contributed by atoms with van der Waals surface area (Å²) in [6, 6.07) is 5.48. The molecule has 1 saturated carbocycles. The third-order valence-corrected chi connectivity index (χ3v) is 7.51. The van der Waals surface area contributed by atoms with Crippen molar-refractivity contribution in [1.82, 2.24) is 0 Å². The first-order valence-electron chi connectivity index (χ1n) is 13.3. The zero-order valence-electron chi connectivity index (χ0n) is 21.2. The van der Waals surface area contributed by atoms with Gasteiger partial charge in [0.1, 0.15) is 0 Å². The van der Waals surface area contributed by atoms with Crippen LogP contribution in [0.5, 0.6) is 0 Å². The van der Waals surface area contributed by atoms with Crippen molar-refractivity contribution < 1.29 is 27.0 Å². The Hall–Kier alpha value is -2.18. The predicted molar refractivity (Wildman–Crippen MR) is 134 cm³/mol. The van der Waals surface area contributed by atoms with Gasteiger partial charge in [-0.15, -0.1) is 0 Å². The highest BCUT2D eigenvalue weighted by molar-refractivity contribution is 5.66. The van der Waals surface area contributed by atoms with Crippen LogP contribution < -0.4 is 0 Å². The van der Waals surface area contributed by atoms with Gasteiger partial charge < -0.3 is 9.47 Å². The van der Waals surface area contributed by atoms with Crippen molar-refractivity contribution in [3.05, 3.63) is 70.8 Å². The van der Waals surface area contributed by atoms with Gasteiger partial charge in [-0.1, -0.05) is 63.1 Å². The lowest BCUT2D eigenvalue weighted by Gasteiger charge is -2.37. The highest BCUT2D eigenvalue weighted by atomic mass is 19.2. The number of hydrogen-bond acceptors (Lipinski definition) is 2. The average molecular weight is 505 g/mol. The lowest BCUT2D eigenvalue weighted by Crippen LogP contribution is -2.38. The van der Waals surface area contributed by atoms with E-state index in [1.807, 2.05) is 6.92 Å². The minimum absolute atomic E-state index is 0.128. The second kappa shape index (κ2) is 12.4. The number of hydrogen-bond donors (Lipinski definition) is 0. The monoisotopic (exact) mass is 504 g/mol. The molecule has 0 unspecified atom stereocenters. The summed E-state index contributed by atoms with van der Waals surface area (Å²) in [6.45, 7) is 4.49. The number of rotatable bonds is 8. The fraction of sp³-hybridized carbons (Fsp3) is 0.533. The molecular formula is C30H36F4O2. The molecule has 6 heteroatoms. The molecule has 0 bridgehead atoms. The summed E-state index contributed by atoms with van der Waals surface area (Å²) in [5.74, 6) is -3.98. The molecule has 0 amide bonds. The van der Waals surface area contributed by atoms with E-state index in [9.17, 15) is 8.78 Å². The summed E-state index contributed by atoms with van der Waals surface area (Å²) in [6.07, 6.45) is 11.8. The highest BCUT2D eigenvalue weighted by Crippen LogP contribution is 2.38. The molecule has 36 heavy (non-hydrogen) atoms. The van der Waals surface area contributed by atoms with Gasteiger partial charge in [0.2, 0.25) is 0 Å². The average Bonchev–Trinajstić information content (AvgIpc) is 2.90. The van der Waals surface area contributed by atoms with Crippen LogP contribution in [0.3, 0.4) is 0 Å². The van der Waals surface area contributed by atoms with E-state index in [0.717, 1.165) is 38.5 Å². The van der Waals surface area contributed by atoms with E-state index >= 15 is 8.78 Å². The molecule has 0 spiro atoms. The van der Waals surface area contributed by atoms with Crippen LogP contribution in [0.1, 0.15) is 75.8 Å². The van der Waals surface area contributed by atoms with Crippen molar-refractivity contribution in [2.24, 2.45) is 11.8 Å². The third kappa shape index (κ3) is 5.86. The molecule has 2 nitrogen and oxygen atoms in total. The third-order valence-electron chi connectivity index (χ3n) is 7.51. The molecule has 0 aromatic heterocycles. The Labute approximate surface area is 211 Å². The number of ether oxygens (including phenoxy) is 2. The quantitative estimate of drug-likeness (QED) is 0.265. The first-order chi connectivity index (χ1) is 17.4. The van der Waals surface area contributed by atoms with E-state index in [4.69, 9.17) is 9.47 Å². The van der Waals surface area contributed by atoms with Gasteiger partial charge in [0.15, 0.2) is 29.6 Å². The van der Waals surface area contributed by atoms with Crippen LogP contribution in [0.25, 0.3) is 11.1 Å². The summed E-state index contributed by atoms with van der Waals surface area (Å²) in [5.41, 5.74) is -0.227. The molecule has 1 aliphatic carbocycles. The Bertz CT molecular complexity index is 1050. The van der Waals surface area contributed by atoms with Gasteiger partial charge in [-0.25, -0.2) is 17.6 Å².